The summed E-state index contributed by atoms with van der Waals surface area (Å²) in [5.74, 6) is -0.434. The van der Waals surface area contributed by atoms with E-state index in [-0.39, 0.29) is 11.4 Å². The van der Waals surface area contributed by atoms with E-state index in [0.717, 1.165) is 16.2 Å². The van der Waals surface area contributed by atoms with E-state index in [4.69, 9.17) is 10.5 Å². The average Bonchev–Trinajstić information content (AvgIpc) is 2.67. The quantitative estimate of drug-likeness (QED) is 0.183. The Hall–Kier alpha value is -2.40. The van der Waals surface area contributed by atoms with Gasteiger partial charge in [0.2, 0.25) is 0 Å². The molecule has 0 bridgehead atoms. The topological polar surface area (TPSA) is 72.5 Å². The zero-order valence-electron chi connectivity index (χ0n) is 16.8. The van der Waals surface area contributed by atoms with E-state index >= 15 is 0 Å². The lowest BCUT2D eigenvalue weighted by Crippen LogP contribution is -2.04. The first-order chi connectivity index (χ1) is 13.4. The van der Waals surface area contributed by atoms with Gasteiger partial charge >= 0.3 is 5.97 Å². The molecule has 0 saturated heterocycles. The number of hydrogen-bond donors (Lipinski definition) is 2. The second-order valence-electron chi connectivity index (χ2n) is 6.70. The van der Waals surface area contributed by atoms with E-state index in [2.05, 4.69) is 31.2 Å². The van der Waals surface area contributed by atoms with Gasteiger partial charge in [-0.3, -0.25) is 0 Å². The van der Waals surface area contributed by atoms with Crippen LogP contribution in [0.3, 0.4) is 0 Å². The molecule has 0 aliphatic heterocycles. The van der Waals surface area contributed by atoms with Crippen LogP contribution in [-0.2, 0) is 16.0 Å². The molecule has 0 amide bonds. The molecule has 0 unspecified atom stereocenters. The lowest BCUT2D eigenvalue weighted by atomic mass is 10.1. The van der Waals surface area contributed by atoms with Crippen molar-refractivity contribution in [3.05, 3.63) is 53.1 Å². The minimum absolute atomic E-state index is 0.0285. The maximum absolute atomic E-state index is 11.8. The summed E-state index contributed by atoms with van der Waals surface area (Å²) in [5.41, 5.74) is 8.51. The van der Waals surface area contributed by atoms with Gasteiger partial charge in [0.05, 0.1) is 12.3 Å². The Morgan fingerprint density at radius 2 is 1.86 bits per heavy atom. The summed E-state index contributed by atoms with van der Waals surface area (Å²) < 4.78 is 4.99. The number of benzene rings is 2. The molecule has 2 aromatic rings. The number of nitrogens with two attached hydrogens (primary N) is 1. The lowest BCUT2D eigenvalue weighted by Gasteiger charge is -2.10. The van der Waals surface area contributed by atoms with E-state index < -0.39 is 5.97 Å². The molecule has 0 radical (unpaired) electrons. The van der Waals surface area contributed by atoms with Crippen LogP contribution < -0.4 is 5.73 Å². The number of nitrogen functional groups attached to an aromatic ring is 1. The summed E-state index contributed by atoms with van der Waals surface area (Å²) in [4.78, 5) is 13.8. The summed E-state index contributed by atoms with van der Waals surface area (Å²) in [6.07, 6.45) is 6.40. The highest BCUT2D eigenvalue weighted by Gasteiger charge is 2.11. The van der Waals surface area contributed by atoms with Crippen molar-refractivity contribution in [1.29, 1.82) is 0 Å². The van der Waals surface area contributed by atoms with Crippen LogP contribution in [0.25, 0.3) is 6.08 Å². The van der Waals surface area contributed by atoms with Crippen LogP contribution in [0.1, 0.15) is 51.2 Å². The molecule has 28 heavy (non-hydrogen) atoms. The van der Waals surface area contributed by atoms with Crippen molar-refractivity contribution in [3.63, 3.8) is 0 Å². The van der Waals surface area contributed by atoms with Crippen molar-refractivity contribution in [2.75, 3.05) is 12.3 Å². The van der Waals surface area contributed by atoms with Gasteiger partial charge in [0.15, 0.2) is 0 Å². The van der Waals surface area contributed by atoms with Gasteiger partial charge in [-0.25, -0.2) is 4.79 Å². The Balaban J connectivity index is 2.17. The van der Waals surface area contributed by atoms with Gasteiger partial charge < -0.3 is 15.6 Å². The van der Waals surface area contributed by atoms with E-state index in [1.807, 2.05) is 6.07 Å². The van der Waals surface area contributed by atoms with Gasteiger partial charge in [-0.05, 0) is 62.6 Å². The van der Waals surface area contributed by atoms with Crippen LogP contribution in [0.5, 0.6) is 5.75 Å². The summed E-state index contributed by atoms with van der Waals surface area (Å²) in [6, 6.07) is 12.1. The van der Waals surface area contributed by atoms with Crippen LogP contribution >= 0.6 is 11.8 Å². The minimum Gasteiger partial charge on any atom is -0.505 e. The molecule has 150 valence electrons. The summed E-state index contributed by atoms with van der Waals surface area (Å²) in [6.45, 7) is 5.93. The summed E-state index contributed by atoms with van der Waals surface area (Å²) in [7, 11) is 0. The number of ether oxygens (including phenoxy) is 1. The number of phenols is 1. The number of carbonyl (C=O) groups excluding carboxylic acids is 1. The van der Waals surface area contributed by atoms with Crippen molar-refractivity contribution >= 4 is 29.5 Å². The smallest absolute Gasteiger partial charge is 0.333 e. The van der Waals surface area contributed by atoms with Crippen LogP contribution in [-0.4, -0.2) is 17.7 Å². The molecule has 2 rings (SSSR count). The number of aromatic hydroxyl groups is 1. The second-order valence-corrected chi connectivity index (χ2v) is 7.85. The lowest BCUT2D eigenvalue weighted by molar-refractivity contribution is -0.138. The van der Waals surface area contributed by atoms with Crippen molar-refractivity contribution in [3.8, 4) is 5.75 Å². The predicted octanol–water partition coefficient (Wildman–Crippen LogP) is 5.82. The third-order valence-corrected chi connectivity index (χ3v) is 5.32. The SMILES string of the molecule is CCCCCc1ccc(Sc2cc(N)c(O)c(/C=C(\C)C(=O)OCC)c2)cc1. The number of aryl methyl sites for hydroxylation is 1. The molecule has 0 aliphatic rings. The fourth-order valence-electron chi connectivity index (χ4n) is 2.80. The molecule has 3 N–H and O–H groups in total. The Morgan fingerprint density at radius 3 is 2.50 bits per heavy atom. The summed E-state index contributed by atoms with van der Waals surface area (Å²) in [5, 5.41) is 10.3. The first kappa shape index (κ1) is 21.9. The largest absolute Gasteiger partial charge is 0.505 e. The maximum atomic E-state index is 11.8. The molecule has 2 aromatic carbocycles. The van der Waals surface area contributed by atoms with Crippen molar-refractivity contribution in [2.45, 2.75) is 56.2 Å². The zero-order valence-corrected chi connectivity index (χ0v) is 17.6. The predicted molar refractivity (Wildman–Crippen MR) is 117 cm³/mol. The highest BCUT2D eigenvalue weighted by atomic mass is 32.2. The molecular weight excluding hydrogens is 370 g/mol. The minimum atomic E-state index is -0.405. The van der Waals surface area contributed by atoms with Gasteiger partial charge in [-0.2, -0.15) is 0 Å². The second kappa shape index (κ2) is 10.8. The van der Waals surface area contributed by atoms with Crippen molar-refractivity contribution in [2.24, 2.45) is 0 Å². The van der Waals surface area contributed by atoms with Gasteiger partial charge in [0.25, 0.3) is 0 Å². The molecule has 0 heterocycles. The molecule has 0 aliphatic carbocycles. The Morgan fingerprint density at radius 1 is 1.14 bits per heavy atom. The standard InChI is InChI=1S/C23H29NO3S/c1-4-6-7-8-17-9-11-19(12-10-17)28-20-14-18(22(25)21(24)15-20)13-16(3)23(26)27-5-2/h9-15,25H,4-8,24H2,1-3H3/b16-13+. The average molecular weight is 400 g/mol. The number of carbonyl (C=O) groups is 1. The van der Waals surface area contributed by atoms with E-state index in [1.165, 1.54) is 24.8 Å². The number of phenolic OH excluding ortho intramolecular Hbond substituents is 1. The van der Waals surface area contributed by atoms with Gasteiger partial charge in [-0.1, -0.05) is 43.7 Å². The fourth-order valence-corrected chi connectivity index (χ4v) is 3.71. The highest BCUT2D eigenvalue weighted by molar-refractivity contribution is 7.99. The number of rotatable bonds is 9. The molecule has 5 heteroatoms. The molecule has 0 fully saturated rings. The summed E-state index contributed by atoms with van der Waals surface area (Å²) >= 11 is 1.57. The van der Waals surface area contributed by atoms with E-state index in [9.17, 15) is 9.90 Å². The van der Waals surface area contributed by atoms with E-state index in [0.29, 0.717) is 17.7 Å². The molecule has 0 saturated carbocycles. The Labute approximate surface area is 171 Å². The van der Waals surface area contributed by atoms with Gasteiger partial charge in [-0.15, -0.1) is 0 Å². The van der Waals surface area contributed by atoms with Gasteiger partial charge in [0.1, 0.15) is 5.75 Å². The third kappa shape index (κ3) is 6.34. The van der Waals surface area contributed by atoms with E-state index in [1.54, 1.807) is 37.8 Å². The van der Waals surface area contributed by atoms with Crippen LogP contribution in [0.4, 0.5) is 5.69 Å². The Kier molecular flexibility index (Phi) is 8.45. The number of anilines is 1. The number of unbranched alkanes of at least 4 members (excludes halogenated alkanes) is 2. The maximum Gasteiger partial charge on any atom is 0.333 e. The first-order valence-electron chi connectivity index (χ1n) is 9.69. The molecule has 4 nitrogen and oxygen atoms in total. The number of esters is 1. The van der Waals surface area contributed by atoms with Crippen molar-refractivity contribution in [1.82, 2.24) is 0 Å². The number of hydrogen-bond acceptors (Lipinski definition) is 5. The van der Waals surface area contributed by atoms with Crippen LogP contribution in [0.15, 0.2) is 51.8 Å². The van der Waals surface area contributed by atoms with Crippen LogP contribution in [0, 0.1) is 0 Å². The van der Waals surface area contributed by atoms with Crippen LogP contribution in [0.2, 0.25) is 0 Å². The fraction of sp³-hybridized carbons (Fsp3) is 0.348. The third-order valence-electron chi connectivity index (χ3n) is 4.34. The normalized spacial score (nSPS) is 11.5. The zero-order chi connectivity index (χ0) is 20.5. The van der Waals surface area contributed by atoms with Crippen molar-refractivity contribution < 1.29 is 14.6 Å². The van der Waals surface area contributed by atoms with Gasteiger partial charge in [0, 0.05) is 20.9 Å². The molecule has 0 atom stereocenters. The molecular formula is C23H29NO3S. The monoisotopic (exact) mass is 399 g/mol. The Bertz CT molecular complexity index is 828. The molecule has 0 aromatic heterocycles. The first-order valence-corrected chi connectivity index (χ1v) is 10.5. The molecule has 0 spiro atoms. The highest BCUT2D eigenvalue weighted by Crippen LogP contribution is 2.36.